The van der Waals surface area contributed by atoms with E-state index < -0.39 is 0 Å². The van der Waals surface area contributed by atoms with Gasteiger partial charge in [0.05, 0.1) is 22.8 Å². The Hall–Kier alpha value is -12.2. The van der Waals surface area contributed by atoms with Gasteiger partial charge in [0.25, 0.3) is 0 Å². The largest absolute Gasteiger partial charge is 0.256 e. The highest BCUT2D eigenvalue weighted by molar-refractivity contribution is 6.31. The molecule has 0 fully saturated rings. The summed E-state index contributed by atoms with van der Waals surface area (Å²) in [5.74, 6) is 0. The molecule has 0 atom stereocenters. The summed E-state index contributed by atoms with van der Waals surface area (Å²) in [5, 5.41) is 1.27. The van der Waals surface area contributed by atoms with Gasteiger partial charge in [-0.1, -0.05) is 284 Å². The van der Waals surface area contributed by atoms with Crippen molar-refractivity contribution in [3.05, 3.63) is 374 Å². The molecule has 6 heteroatoms. The van der Waals surface area contributed by atoms with E-state index in [0.717, 1.165) is 179 Å². The zero-order chi connectivity index (χ0) is 67.5. The highest BCUT2D eigenvalue weighted by atomic mass is 35.5. The Labute approximate surface area is 594 Å². The molecule has 4 nitrogen and oxygen atoms in total. The standard InChI is InChI=1S/C94H64Cl2N4/c1-61-46-91(66-28-12-5-13-29-66)97-57-87(61)80-37-21-18-34-77(80)71-48-72(51-75(95)50-71)78-35-19-22-38-81(78)88-58-98-92(47-62(88)2)69-42-40-63(41-43-69)70-44-45-83(90-60-100-94(68-32-16-7-17-33-68)56-86(90)65-26-10-4-11-27-65)84(54-70)74-49-73(52-76(96)53-74)79-36-20-23-39-82(79)89-59-99-93(67-30-14-6-15-31-67)55-85(89)64-24-8-3-9-25-64/h3-60H,1-2H3. The molecule has 0 aliphatic rings. The zero-order valence-corrected chi connectivity index (χ0v) is 56.5. The maximum Gasteiger partial charge on any atom is 0.0708 e. The van der Waals surface area contributed by atoms with Crippen LogP contribution in [0.4, 0.5) is 0 Å². The van der Waals surface area contributed by atoms with Gasteiger partial charge in [0.2, 0.25) is 0 Å². The first-order valence-corrected chi connectivity index (χ1v) is 34.3. The van der Waals surface area contributed by atoms with Crippen molar-refractivity contribution in [1.82, 2.24) is 19.9 Å². The molecule has 0 saturated carbocycles. The lowest BCUT2D eigenvalue weighted by atomic mass is 9.86. The van der Waals surface area contributed by atoms with E-state index in [1.165, 1.54) is 0 Å². The monoisotopic (exact) mass is 1320 g/mol. The Bertz CT molecular complexity index is 5680. The third-order valence-electron chi connectivity index (χ3n) is 18.9. The number of pyridine rings is 4. The third-order valence-corrected chi connectivity index (χ3v) is 19.4. The second-order valence-electron chi connectivity index (χ2n) is 25.3. The smallest absolute Gasteiger partial charge is 0.0708 e. The van der Waals surface area contributed by atoms with Crippen molar-refractivity contribution in [1.29, 1.82) is 0 Å². The molecule has 0 saturated heterocycles. The summed E-state index contributed by atoms with van der Waals surface area (Å²) in [7, 11) is 0. The van der Waals surface area contributed by atoms with Crippen molar-refractivity contribution in [2.75, 3.05) is 0 Å². The molecule has 0 bridgehead atoms. The first kappa shape index (κ1) is 62.6. The fourth-order valence-corrected chi connectivity index (χ4v) is 14.4. The summed E-state index contributed by atoms with van der Waals surface area (Å²) in [6.07, 6.45) is 8.07. The van der Waals surface area contributed by atoms with Crippen molar-refractivity contribution in [2.24, 2.45) is 0 Å². The summed E-state index contributed by atoms with van der Waals surface area (Å²) in [6, 6.07) is 115. The normalized spacial score (nSPS) is 11.2. The molecule has 0 spiro atoms. The van der Waals surface area contributed by atoms with Crippen LogP contribution in [0.2, 0.25) is 10.0 Å². The van der Waals surface area contributed by atoms with E-state index in [-0.39, 0.29) is 0 Å². The molecule has 0 unspecified atom stereocenters. The van der Waals surface area contributed by atoms with Crippen LogP contribution in [0.1, 0.15) is 11.1 Å². The van der Waals surface area contributed by atoms with E-state index in [1.54, 1.807) is 0 Å². The molecule has 12 aromatic carbocycles. The predicted molar refractivity (Wildman–Crippen MR) is 419 cm³/mol. The second-order valence-corrected chi connectivity index (χ2v) is 26.1. The van der Waals surface area contributed by atoms with Crippen LogP contribution in [0.3, 0.4) is 0 Å². The van der Waals surface area contributed by atoms with E-state index in [0.29, 0.717) is 10.0 Å². The minimum absolute atomic E-state index is 0.618. The van der Waals surface area contributed by atoms with Crippen LogP contribution in [-0.2, 0) is 0 Å². The highest BCUT2D eigenvalue weighted by Gasteiger charge is 2.22. The molecule has 4 heterocycles. The third kappa shape index (κ3) is 12.8. The van der Waals surface area contributed by atoms with Crippen LogP contribution in [0.5, 0.6) is 0 Å². The lowest BCUT2D eigenvalue weighted by molar-refractivity contribution is 1.29. The van der Waals surface area contributed by atoms with Gasteiger partial charge in [-0.05, 0) is 192 Å². The fraction of sp³-hybridized carbons (Fsp3) is 0.0213. The summed E-state index contributed by atoms with van der Waals surface area (Å²) in [5.41, 5.74) is 33.1. The maximum atomic E-state index is 7.44. The molecule has 0 amide bonds. The summed E-state index contributed by atoms with van der Waals surface area (Å²) < 4.78 is 0. The minimum Gasteiger partial charge on any atom is -0.256 e. The Morgan fingerprint density at radius 2 is 0.430 bits per heavy atom. The molecule has 16 aromatic rings. The Morgan fingerprint density at radius 3 is 0.800 bits per heavy atom. The number of hydrogen-bond acceptors (Lipinski definition) is 4. The average molecular weight is 1320 g/mol. The first-order chi connectivity index (χ1) is 49.2. The Morgan fingerprint density at radius 1 is 0.170 bits per heavy atom. The molecule has 0 aliphatic carbocycles. The number of aryl methyl sites for hydroxylation is 2. The van der Waals surface area contributed by atoms with Gasteiger partial charge < -0.3 is 0 Å². The second kappa shape index (κ2) is 27.7. The number of rotatable bonds is 15. The lowest BCUT2D eigenvalue weighted by Gasteiger charge is -2.19. The van der Waals surface area contributed by atoms with Crippen LogP contribution in [-0.4, -0.2) is 19.9 Å². The van der Waals surface area contributed by atoms with Crippen LogP contribution >= 0.6 is 23.2 Å². The molecule has 16 rings (SSSR count). The van der Waals surface area contributed by atoms with Gasteiger partial charge in [0.15, 0.2) is 0 Å². The van der Waals surface area contributed by atoms with Crippen molar-refractivity contribution < 1.29 is 0 Å². The molecule has 0 radical (unpaired) electrons. The van der Waals surface area contributed by atoms with Crippen LogP contribution in [0.15, 0.2) is 352 Å². The van der Waals surface area contributed by atoms with Crippen molar-refractivity contribution in [3.63, 3.8) is 0 Å². The molecular weight excluding hydrogens is 1260 g/mol. The van der Waals surface area contributed by atoms with Crippen LogP contribution in [0, 0.1) is 13.8 Å². The van der Waals surface area contributed by atoms with Crippen molar-refractivity contribution in [2.45, 2.75) is 13.8 Å². The molecule has 474 valence electrons. The van der Waals surface area contributed by atoms with Gasteiger partial charge in [0.1, 0.15) is 0 Å². The van der Waals surface area contributed by atoms with Gasteiger partial charge >= 0.3 is 0 Å². The summed E-state index contributed by atoms with van der Waals surface area (Å²) in [6.45, 7) is 4.33. The van der Waals surface area contributed by atoms with Gasteiger partial charge in [-0.25, -0.2) is 0 Å². The number of nitrogens with zero attached hydrogens (tertiary/aromatic N) is 4. The zero-order valence-electron chi connectivity index (χ0n) is 55.0. The average Bonchev–Trinajstić information content (AvgIpc) is 0.771. The molecule has 0 aliphatic heterocycles. The molecule has 4 aromatic heterocycles. The topological polar surface area (TPSA) is 51.6 Å². The van der Waals surface area contributed by atoms with Crippen molar-refractivity contribution >= 4 is 23.2 Å². The predicted octanol–water partition coefficient (Wildman–Crippen LogP) is 26.2. The summed E-state index contributed by atoms with van der Waals surface area (Å²) >= 11 is 14.6. The van der Waals surface area contributed by atoms with E-state index in [4.69, 9.17) is 43.1 Å². The van der Waals surface area contributed by atoms with E-state index in [2.05, 4.69) is 311 Å². The van der Waals surface area contributed by atoms with Gasteiger partial charge in [-0.2, -0.15) is 0 Å². The fourth-order valence-electron chi connectivity index (χ4n) is 13.9. The number of halogens is 2. The van der Waals surface area contributed by atoms with Gasteiger partial charge in [0, 0.05) is 79.3 Å². The molecule has 0 N–H and O–H groups in total. The van der Waals surface area contributed by atoms with Crippen LogP contribution < -0.4 is 0 Å². The number of benzene rings is 12. The van der Waals surface area contributed by atoms with Crippen molar-refractivity contribution in [3.8, 4) is 167 Å². The molecule has 100 heavy (non-hydrogen) atoms. The maximum absolute atomic E-state index is 7.44. The minimum atomic E-state index is 0.618. The van der Waals surface area contributed by atoms with Gasteiger partial charge in [-0.3, -0.25) is 19.9 Å². The highest BCUT2D eigenvalue weighted by Crippen LogP contribution is 2.47. The number of aromatic nitrogens is 4. The van der Waals surface area contributed by atoms with Gasteiger partial charge in [-0.15, -0.1) is 0 Å². The Kier molecular flexibility index (Phi) is 17.4. The first-order valence-electron chi connectivity index (χ1n) is 33.6. The molecular formula is C94H64Cl2N4. The SMILES string of the molecule is Cc1cc(-c2ccccc2)ncc1-c1ccccc1-c1cc(Cl)cc(-c2ccccc2-c2cnc(-c3ccc(-c4ccc(-c5cnc(-c6ccccc6)cc5-c5ccccc5)c(-c5cc(Cl)cc(-c6ccccc6-c6cnc(-c7ccccc7)cc6-c6ccccc6)c5)c4)cc3)cc2C)c1. The quantitative estimate of drug-likeness (QED) is 0.103. The Balaban J connectivity index is 0.757. The van der Waals surface area contributed by atoms with E-state index in [1.807, 2.05) is 55.1 Å². The van der Waals surface area contributed by atoms with E-state index >= 15 is 0 Å². The lowest BCUT2D eigenvalue weighted by Crippen LogP contribution is -1.95. The van der Waals surface area contributed by atoms with E-state index in [9.17, 15) is 0 Å². The van der Waals surface area contributed by atoms with Crippen LogP contribution in [0.25, 0.3) is 167 Å². The number of hydrogen-bond donors (Lipinski definition) is 0. The summed E-state index contributed by atoms with van der Waals surface area (Å²) in [4.78, 5) is 20.4.